The summed E-state index contributed by atoms with van der Waals surface area (Å²) in [6.07, 6.45) is 4.37. The molecule has 1 saturated carbocycles. The van der Waals surface area contributed by atoms with Crippen LogP contribution in [0.25, 0.3) is 0 Å². The molecular weight excluding hydrogens is 394 g/mol. The van der Waals surface area contributed by atoms with E-state index in [2.05, 4.69) is 36.0 Å². The molecule has 1 saturated heterocycles. The lowest BCUT2D eigenvalue weighted by molar-refractivity contribution is -0.384. The van der Waals surface area contributed by atoms with Gasteiger partial charge in [-0.3, -0.25) is 19.8 Å². The zero-order chi connectivity index (χ0) is 21.2. The molecule has 160 valence electrons. The highest BCUT2D eigenvalue weighted by Gasteiger charge is 2.33. The van der Waals surface area contributed by atoms with Crippen molar-refractivity contribution in [2.45, 2.75) is 58.0 Å². The molecule has 0 bridgehead atoms. The van der Waals surface area contributed by atoms with Gasteiger partial charge in [-0.2, -0.15) is 0 Å². The van der Waals surface area contributed by atoms with Gasteiger partial charge in [0.05, 0.1) is 4.92 Å². The first-order chi connectivity index (χ1) is 13.6. The summed E-state index contributed by atoms with van der Waals surface area (Å²) in [7, 11) is 0. The van der Waals surface area contributed by atoms with Gasteiger partial charge in [-0.15, -0.1) is 0 Å². The van der Waals surface area contributed by atoms with Crippen molar-refractivity contribution < 1.29 is 9.72 Å². The molecular formula is C20H30ClN5O3. The third kappa shape index (κ3) is 5.36. The van der Waals surface area contributed by atoms with E-state index in [9.17, 15) is 14.9 Å². The third-order valence-corrected chi connectivity index (χ3v) is 6.23. The van der Waals surface area contributed by atoms with E-state index in [0.717, 1.165) is 51.9 Å². The SMILES string of the molecule is CC(C)(C)N1CCN(C(=O)[C@H]2CC[C@@H](Nc3cc(Cl)ncc3[N+](=O)[O-])CC2)CC1. The summed E-state index contributed by atoms with van der Waals surface area (Å²) in [6, 6.07) is 1.58. The minimum Gasteiger partial charge on any atom is -0.377 e. The molecule has 0 spiro atoms. The van der Waals surface area contributed by atoms with Crippen LogP contribution < -0.4 is 5.32 Å². The molecule has 1 amide bonds. The maximum atomic E-state index is 12.9. The minimum absolute atomic E-state index is 0.0465. The first-order valence-corrected chi connectivity index (χ1v) is 10.6. The van der Waals surface area contributed by atoms with E-state index in [-0.39, 0.29) is 34.2 Å². The fourth-order valence-electron chi connectivity index (χ4n) is 4.24. The van der Waals surface area contributed by atoms with Crippen molar-refractivity contribution in [3.05, 3.63) is 27.5 Å². The number of piperazine rings is 1. The van der Waals surface area contributed by atoms with Crippen molar-refractivity contribution >= 4 is 28.9 Å². The highest BCUT2D eigenvalue weighted by Crippen LogP contribution is 2.32. The molecule has 3 rings (SSSR count). The van der Waals surface area contributed by atoms with E-state index in [4.69, 9.17) is 11.6 Å². The molecule has 2 heterocycles. The van der Waals surface area contributed by atoms with Crippen molar-refractivity contribution in [2.24, 2.45) is 5.92 Å². The Morgan fingerprint density at radius 3 is 2.38 bits per heavy atom. The van der Waals surface area contributed by atoms with E-state index in [0.29, 0.717) is 5.69 Å². The fourth-order valence-corrected chi connectivity index (χ4v) is 4.40. The molecule has 1 aliphatic heterocycles. The van der Waals surface area contributed by atoms with Gasteiger partial charge in [0.15, 0.2) is 0 Å². The normalized spacial score (nSPS) is 23.7. The zero-order valence-electron chi connectivity index (χ0n) is 17.4. The second kappa shape index (κ2) is 8.83. The maximum Gasteiger partial charge on any atom is 0.310 e. The number of hydrogen-bond donors (Lipinski definition) is 1. The Labute approximate surface area is 176 Å². The number of anilines is 1. The Bertz CT molecular complexity index is 751. The monoisotopic (exact) mass is 423 g/mol. The van der Waals surface area contributed by atoms with Gasteiger partial charge in [-0.25, -0.2) is 4.98 Å². The van der Waals surface area contributed by atoms with Crippen molar-refractivity contribution in [2.75, 3.05) is 31.5 Å². The number of nitrogens with one attached hydrogen (secondary N) is 1. The summed E-state index contributed by atoms with van der Waals surface area (Å²) < 4.78 is 0. The van der Waals surface area contributed by atoms with Crippen molar-refractivity contribution in [3.8, 4) is 0 Å². The number of carbonyl (C=O) groups excluding carboxylic acids is 1. The highest BCUT2D eigenvalue weighted by atomic mass is 35.5. The molecule has 0 unspecified atom stereocenters. The first kappa shape index (κ1) is 21.8. The van der Waals surface area contributed by atoms with Gasteiger partial charge in [0.25, 0.3) is 0 Å². The largest absolute Gasteiger partial charge is 0.377 e. The predicted octanol–water partition coefficient (Wildman–Crippen LogP) is 3.56. The average Bonchev–Trinajstić information content (AvgIpc) is 2.67. The molecule has 1 aliphatic carbocycles. The number of carbonyl (C=O) groups is 1. The Hall–Kier alpha value is -1.93. The minimum atomic E-state index is -0.460. The van der Waals surface area contributed by atoms with Crippen LogP contribution >= 0.6 is 11.6 Å². The molecule has 1 N–H and O–H groups in total. The molecule has 2 aliphatic rings. The molecule has 8 nitrogen and oxygen atoms in total. The summed E-state index contributed by atoms with van der Waals surface area (Å²) >= 11 is 5.90. The van der Waals surface area contributed by atoms with E-state index in [1.54, 1.807) is 0 Å². The number of nitrogens with zero attached hydrogens (tertiary/aromatic N) is 4. The molecule has 1 aromatic rings. The van der Waals surface area contributed by atoms with E-state index < -0.39 is 4.92 Å². The van der Waals surface area contributed by atoms with Gasteiger partial charge in [0.1, 0.15) is 17.0 Å². The number of amides is 1. The van der Waals surface area contributed by atoms with E-state index >= 15 is 0 Å². The third-order valence-electron chi connectivity index (χ3n) is 6.02. The summed E-state index contributed by atoms with van der Waals surface area (Å²) in [4.78, 5) is 31.9. The number of rotatable bonds is 4. The van der Waals surface area contributed by atoms with Crippen molar-refractivity contribution in [1.29, 1.82) is 0 Å². The zero-order valence-corrected chi connectivity index (χ0v) is 18.1. The van der Waals surface area contributed by atoms with Crippen LogP contribution in [-0.2, 0) is 4.79 Å². The average molecular weight is 424 g/mol. The van der Waals surface area contributed by atoms with Crippen LogP contribution in [0.15, 0.2) is 12.3 Å². The quantitative estimate of drug-likeness (QED) is 0.452. The first-order valence-electron chi connectivity index (χ1n) is 10.3. The smallest absolute Gasteiger partial charge is 0.310 e. The van der Waals surface area contributed by atoms with Crippen LogP contribution in [0.1, 0.15) is 46.5 Å². The van der Waals surface area contributed by atoms with Crippen LogP contribution in [-0.4, -0.2) is 63.4 Å². The topological polar surface area (TPSA) is 91.6 Å². The van der Waals surface area contributed by atoms with Crippen LogP contribution in [0.2, 0.25) is 5.15 Å². The lowest BCUT2D eigenvalue weighted by Gasteiger charge is -2.43. The van der Waals surface area contributed by atoms with Crippen LogP contribution in [0.4, 0.5) is 11.4 Å². The molecule has 1 aromatic heterocycles. The van der Waals surface area contributed by atoms with Gasteiger partial charge < -0.3 is 10.2 Å². The number of halogens is 1. The van der Waals surface area contributed by atoms with Crippen LogP contribution in [0, 0.1) is 16.0 Å². The fraction of sp³-hybridized carbons (Fsp3) is 0.700. The Kier molecular flexibility index (Phi) is 6.63. The van der Waals surface area contributed by atoms with Gasteiger partial charge in [0, 0.05) is 49.7 Å². The van der Waals surface area contributed by atoms with Gasteiger partial charge in [0.2, 0.25) is 5.91 Å². The van der Waals surface area contributed by atoms with Crippen molar-refractivity contribution in [1.82, 2.24) is 14.8 Å². The van der Waals surface area contributed by atoms with Crippen LogP contribution in [0.5, 0.6) is 0 Å². The molecule has 29 heavy (non-hydrogen) atoms. The Balaban J connectivity index is 1.52. The Morgan fingerprint density at radius 1 is 1.21 bits per heavy atom. The van der Waals surface area contributed by atoms with Crippen LogP contribution in [0.3, 0.4) is 0 Å². The van der Waals surface area contributed by atoms with Gasteiger partial charge >= 0.3 is 5.69 Å². The standard InChI is InChI=1S/C20H30ClN5O3/c1-20(2,3)25-10-8-24(9-11-25)19(27)14-4-6-15(7-5-14)23-16-12-18(21)22-13-17(16)26(28)29/h12-15H,4-11H2,1-3H3,(H,22,23)/t14-,15+. The predicted molar refractivity (Wildman–Crippen MR) is 113 cm³/mol. The summed E-state index contributed by atoms with van der Waals surface area (Å²) in [5.74, 6) is 0.306. The number of hydrogen-bond acceptors (Lipinski definition) is 6. The number of pyridine rings is 1. The second-order valence-electron chi connectivity index (χ2n) is 8.96. The van der Waals surface area contributed by atoms with E-state index in [1.807, 2.05) is 4.90 Å². The van der Waals surface area contributed by atoms with E-state index in [1.165, 1.54) is 12.3 Å². The summed E-state index contributed by atoms with van der Waals surface area (Å²) in [6.45, 7) is 10.0. The molecule has 0 aromatic carbocycles. The molecule has 0 radical (unpaired) electrons. The second-order valence-corrected chi connectivity index (χ2v) is 9.34. The van der Waals surface area contributed by atoms with Gasteiger partial charge in [-0.05, 0) is 46.5 Å². The lowest BCUT2D eigenvalue weighted by Crippen LogP contribution is -2.55. The van der Waals surface area contributed by atoms with Crippen molar-refractivity contribution in [3.63, 3.8) is 0 Å². The van der Waals surface area contributed by atoms with Gasteiger partial charge in [-0.1, -0.05) is 11.6 Å². The molecule has 9 heteroatoms. The Morgan fingerprint density at radius 2 is 1.83 bits per heavy atom. The molecule has 2 fully saturated rings. The summed E-state index contributed by atoms with van der Waals surface area (Å²) in [5.41, 5.74) is 0.449. The maximum absolute atomic E-state index is 12.9. The summed E-state index contributed by atoms with van der Waals surface area (Å²) in [5, 5.41) is 14.7. The number of aromatic nitrogens is 1. The number of nitro groups is 1. The molecule has 0 atom stereocenters. The lowest BCUT2D eigenvalue weighted by atomic mass is 9.85. The highest BCUT2D eigenvalue weighted by molar-refractivity contribution is 6.29.